The summed E-state index contributed by atoms with van der Waals surface area (Å²) < 4.78 is 33.3. The van der Waals surface area contributed by atoms with Gasteiger partial charge < -0.3 is 20.9 Å². The van der Waals surface area contributed by atoms with Crippen molar-refractivity contribution in [3.63, 3.8) is 0 Å². The highest BCUT2D eigenvalue weighted by molar-refractivity contribution is 5.75. The Balaban J connectivity index is 2.53. The summed E-state index contributed by atoms with van der Waals surface area (Å²) in [5.74, 6) is -0.304. The van der Waals surface area contributed by atoms with Gasteiger partial charge in [0.2, 0.25) is 0 Å². The van der Waals surface area contributed by atoms with E-state index in [0.29, 0.717) is 0 Å². The summed E-state index contributed by atoms with van der Waals surface area (Å²) >= 11 is 0. The second kappa shape index (κ2) is 2.15. The lowest BCUT2D eigenvalue weighted by Crippen LogP contribution is -2.26. The van der Waals surface area contributed by atoms with Gasteiger partial charge in [-0.05, 0) is 12.1 Å². The molecule has 0 saturated carbocycles. The monoisotopic (exact) mass is 188 g/mol. The third kappa shape index (κ3) is 1.10. The molecule has 4 N–H and O–H groups in total. The van der Waals surface area contributed by atoms with Crippen molar-refractivity contribution in [1.29, 1.82) is 0 Å². The van der Waals surface area contributed by atoms with Crippen molar-refractivity contribution in [2.75, 3.05) is 11.5 Å². The van der Waals surface area contributed by atoms with Crippen LogP contribution in [0.5, 0.6) is 11.5 Å². The topological polar surface area (TPSA) is 70.5 Å². The van der Waals surface area contributed by atoms with E-state index in [2.05, 4.69) is 9.47 Å². The molecular formula is C7H6F2N2O2. The van der Waals surface area contributed by atoms with Crippen molar-refractivity contribution < 1.29 is 18.3 Å². The van der Waals surface area contributed by atoms with Crippen LogP contribution in [0.25, 0.3) is 0 Å². The second-order valence-electron chi connectivity index (χ2n) is 2.56. The van der Waals surface area contributed by atoms with Crippen LogP contribution in [-0.2, 0) is 0 Å². The fourth-order valence-corrected chi connectivity index (χ4v) is 1.05. The van der Waals surface area contributed by atoms with Gasteiger partial charge in [-0.2, -0.15) is 0 Å². The van der Waals surface area contributed by atoms with Crippen molar-refractivity contribution in [2.45, 2.75) is 6.29 Å². The Labute approximate surface area is 72.0 Å². The number of nitrogens with two attached hydrogens (primary N) is 2. The van der Waals surface area contributed by atoms with E-state index in [4.69, 9.17) is 11.5 Å². The average molecular weight is 188 g/mol. The predicted molar refractivity (Wildman–Crippen MR) is 41.5 cm³/mol. The van der Waals surface area contributed by atoms with E-state index in [1.807, 2.05) is 0 Å². The van der Waals surface area contributed by atoms with Crippen molar-refractivity contribution >= 4 is 11.4 Å². The van der Waals surface area contributed by atoms with E-state index in [9.17, 15) is 8.78 Å². The summed E-state index contributed by atoms with van der Waals surface area (Å²) in [6, 6.07) is 2.65. The minimum Gasteiger partial charge on any atom is -0.397 e. The van der Waals surface area contributed by atoms with Crippen molar-refractivity contribution in [3.05, 3.63) is 12.1 Å². The van der Waals surface area contributed by atoms with Gasteiger partial charge in [-0.1, -0.05) is 0 Å². The Morgan fingerprint density at radius 1 is 1.15 bits per heavy atom. The Morgan fingerprint density at radius 3 is 2.54 bits per heavy atom. The number of ether oxygens (including phenoxy) is 2. The minimum absolute atomic E-state index is 0.0327. The molecule has 1 aromatic carbocycles. The summed E-state index contributed by atoms with van der Waals surface area (Å²) in [7, 11) is 0. The van der Waals surface area contributed by atoms with Crippen molar-refractivity contribution in [1.82, 2.24) is 0 Å². The highest BCUT2D eigenvalue weighted by Gasteiger charge is 2.44. The standard InChI is InChI=1S/C7H6F2N2O2/c8-7(9)12-4-2-1-3(10)5(11)6(4)13-7/h1-2H,10-11H2. The molecule has 70 valence electrons. The van der Waals surface area contributed by atoms with Gasteiger partial charge in [0.05, 0.1) is 5.69 Å². The number of halogens is 2. The predicted octanol–water partition coefficient (Wildman–Crippen LogP) is 1.17. The van der Waals surface area contributed by atoms with Gasteiger partial charge in [0.1, 0.15) is 5.69 Å². The Morgan fingerprint density at radius 2 is 1.85 bits per heavy atom. The molecule has 0 saturated heterocycles. The SMILES string of the molecule is Nc1ccc2c(c1N)OC(F)(F)O2. The van der Waals surface area contributed by atoms with Gasteiger partial charge in [-0.25, -0.2) is 0 Å². The third-order valence-corrected chi connectivity index (χ3v) is 1.64. The van der Waals surface area contributed by atoms with Gasteiger partial charge in [-0.3, -0.25) is 0 Å². The highest BCUT2D eigenvalue weighted by atomic mass is 19.3. The molecule has 1 heterocycles. The van der Waals surface area contributed by atoms with E-state index < -0.39 is 6.29 Å². The smallest absolute Gasteiger partial charge is 0.397 e. The van der Waals surface area contributed by atoms with Crippen LogP contribution < -0.4 is 20.9 Å². The maximum absolute atomic E-state index is 12.5. The average Bonchev–Trinajstić information content (AvgIpc) is 2.34. The maximum atomic E-state index is 12.5. The number of fused-ring (bicyclic) bond motifs is 1. The van der Waals surface area contributed by atoms with E-state index in [1.165, 1.54) is 12.1 Å². The van der Waals surface area contributed by atoms with Gasteiger partial charge in [-0.15, -0.1) is 8.78 Å². The molecule has 0 spiro atoms. The lowest BCUT2D eigenvalue weighted by Gasteiger charge is -2.05. The van der Waals surface area contributed by atoms with Crippen LogP contribution in [-0.4, -0.2) is 6.29 Å². The maximum Gasteiger partial charge on any atom is 0.586 e. The molecular weight excluding hydrogens is 182 g/mol. The fraction of sp³-hybridized carbons (Fsp3) is 0.143. The summed E-state index contributed by atoms with van der Waals surface area (Å²) in [5, 5.41) is 0. The zero-order valence-electron chi connectivity index (χ0n) is 6.38. The summed E-state index contributed by atoms with van der Waals surface area (Å²) in [6.07, 6.45) is -3.65. The summed E-state index contributed by atoms with van der Waals surface area (Å²) in [5.41, 5.74) is 10.9. The largest absolute Gasteiger partial charge is 0.586 e. The molecule has 6 heteroatoms. The van der Waals surface area contributed by atoms with Gasteiger partial charge >= 0.3 is 6.29 Å². The van der Waals surface area contributed by atoms with Crippen LogP contribution in [0, 0.1) is 0 Å². The second-order valence-corrected chi connectivity index (χ2v) is 2.56. The molecule has 0 aromatic heterocycles. The first-order valence-corrected chi connectivity index (χ1v) is 3.43. The van der Waals surface area contributed by atoms with E-state index >= 15 is 0 Å². The molecule has 0 fully saturated rings. The molecule has 2 rings (SSSR count). The normalized spacial score (nSPS) is 17.4. The zero-order valence-corrected chi connectivity index (χ0v) is 6.38. The van der Waals surface area contributed by atoms with Crippen LogP contribution in [0.2, 0.25) is 0 Å². The number of anilines is 2. The third-order valence-electron chi connectivity index (χ3n) is 1.64. The van der Waals surface area contributed by atoms with Crippen LogP contribution in [0.15, 0.2) is 12.1 Å². The molecule has 1 aromatic rings. The van der Waals surface area contributed by atoms with Crippen molar-refractivity contribution in [2.24, 2.45) is 0 Å². The Bertz CT molecular complexity index is 368. The molecule has 13 heavy (non-hydrogen) atoms. The first-order chi connectivity index (χ1) is 5.99. The lowest BCUT2D eigenvalue weighted by atomic mass is 10.2. The number of alkyl halides is 2. The van der Waals surface area contributed by atoms with E-state index in [-0.39, 0.29) is 22.9 Å². The van der Waals surface area contributed by atoms with Crippen molar-refractivity contribution in [3.8, 4) is 11.5 Å². The fourth-order valence-electron chi connectivity index (χ4n) is 1.05. The number of hydrogen-bond donors (Lipinski definition) is 2. The van der Waals surface area contributed by atoms with Gasteiger partial charge in [0.15, 0.2) is 11.5 Å². The van der Waals surface area contributed by atoms with E-state index in [0.717, 1.165) is 0 Å². The molecule has 0 bridgehead atoms. The minimum atomic E-state index is -3.65. The first kappa shape index (κ1) is 7.90. The molecule has 0 aliphatic carbocycles. The first-order valence-electron chi connectivity index (χ1n) is 3.43. The van der Waals surface area contributed by atoms with Crippen LogP contribution >= 0.6 is 0 Å². The number of nitrogen functional groups attached to an aromatic ring is 2. The quantitative estimate of drug-likeness (QED) is 0.599. The molecule has 0 unspecified atom stereocenters. The van der Waals surface area contributed by atoms with Crippen LogP contribution in [0.3, 0.4) is 0 Å². The lowest BCUT2D eigenvalue weighted by molar-refractivity contribution is -0.286. The van der Waals surface area contributed by atoms with Gasteiger partial charge in [0, 0.05) is 0 Å². The molecule has 0 radical (unpaired) electrons. The molecule has 0 amide bonds. The van der Waals surface area contributed by atoms with E-state index in [1.54, 1.807) is 0 Å². The number of hydrogen-bond acceptors (Lipinski definition) is 4. The number of benzene rings is 1. The zero-order chi connectivity index (χ0) is 9.64. The Kier molecular flexibility index (Phi) is 1.31. The molecule has 4 nitrogen and oxygen atoms in total. The van der Waals surface area contributed by atoms with Gasteiger partial charge in [0.25, 0.3) is 0 Å². The Hall–Kier alpha value is -1.72. The van der Waals surface area contributed by atoms with Crippen LogP contribution in [0.4, 0.5) is 20.2 Å². The van der Waals surface area contributed by atoms with Crippen LogP contribution in [0.1, 0.15) is 0 Å². The summed E-state index contributed by atoms with van der Waals surface area (Å²) in [4.78, 5) is 0. The molecule has 1 aliphatic rings. The molecule has 1 aliphatic heterocycles. The summed E-state index contributed by atoms with van der Waals surface area (Å²) in [6.45, 7) is 0. The number of rotatable bonds is 0. The molecule has 0 atom stereocenters. The highest BCUT2D eigenvalue weighted by Crippen LogP contribution is 2.46.